The van der Waals surface area contributed by atoms with Crippen molar-refractivity contribution in [3.63, 3.8) is 0 Å². The van der Waals surface area contributed by atoms with Crippen molar-refractivity contribution < 1.29 is 4.48 Å². The van der Waals surface area contributed by atoms with Crippen molar-refractivity contribution >= 4 is 29.0 Å². The van der Waals surface area contributed by atoms with Crippen molar-refractivity contribution in [1.82, 2.24) is 0 Å². The lowest BCUT2D eigenvalue weighted by Gasteiger charge is -2.26. The standard InChI is InChI=1S/C13H13N2S2/c1-3-12(16-7-1)9-15(6-5-14-11-15)10-13-4-2-8-17-13/h1-8,11H,9-10H2/q+1. The van der Waals surface area contributed by atoms with Crippen LogP contribution in [0.5, 0.6) is 0 Å². The highest BCUT2D eigenvalue weighted by molar-refractivity contribution is 7.10. The second-order valence-corrected chi connectivity index (χ2v) is 6.21. The molecule has 0 amide bonds. The molecule has 1 aliphatic rings. The third kappa shape index (κ3) is 2.39. The summed E-state index contributed by atoms with van der Waals surface area (Å²) in [5.74, 6) is 0. The normalized spacial score (nSPS) is 16.7. The van der Waals surface area contributed by atoms with Crippen LogP contribution in [-0.2, 0) is 13.1 Å². The lowest BCUT2D eigenvalue weighted by molar-refractivity contribution is -0.807. The number of thiophene rings is 2. The van der Waals surface area contributed by atoms with Gasteiger partial charge in [-0.2, -0.15) is 0 Å². The van der Waals surface area contributed by atoms with E-state index >= 15 is 0 Å². The van der Waals surface area contributed by atoms with E-state index in [-0.39, 0.29) is 0 Å². The van der Waals surface area contributed by atoms with Gasteiger partial charge in [0.2, 0.25) is 0 Å². The molecule has 0 bridgehead atoms. The van der Waals surface area contributed by atoms with E-state index < -0.39 is 0 Å². The SMILES string of the molecule is C1=C[N+](Cc2cccs2)(Cc2cccs2)C=N1. The van der Waals surface area contributed by atoms with Crippen LogP contribution in [0, 0.1) is 0 Å². The molecule has 0 spiro atoms. The Labute approximate surface area is 109 Å². The second-order valence-electron chi connectivity index (χ2n) is 4.14. The fourth-order valence-corrected chi connectivity index (χ4v) is 3.62. The number of quaternary nitrogens is 1. The first-order valence-corrected chi connectivity index (χ1v) is 7.26. The smallest absolute Gasteiger partial charge is 0.195 e. The molecule has 86 valence electrons. The second kappa shape index (κ2) is 4.56. The van der Waals surface area contributed by atoms with Crippen LogP contribution in [0.25, 0.3) is 0 Å². The van der Waals surface area contributed by atoms with Crippen LogP contribution < -0.4 is 0 Å². The molecule has 0 aliphatic carbocycles. The molecular weight excluding hydrogens is 248 g/mol. The number of rotatable bonds is 4. The molecule has 0 saturated heterocycles. The largest absolute Gasteiger partial charge is 0.245 e. The third-order valence-electron chi connectivity index (χ3n) is 2.81. The lowest BCUT2D eigenvalue weighted by atomic mass is 10.3. The molecule has 3 rings (SSSR count). The van der Waals surface area contributed by atoms with E-state index in [2.05, 4.69) is 46.2 Å². The number of hydrogen-bond donors (Lipinski definition) is 0. The fraction of sp³-hybridized carbons (Fsp3) is 0.154. The molecule has 4 heteroatoms. The van der Waals surface area contributed by atoms with E-state index in [9.17, 15) is 0 Å². The molecule has 0 aromatic carbocycles. The first-order chi connectivity index (χ1) is 8.36. The summed E-state index contributed by atoms with van der Waals surface area (Å²) in [4.78, 5) is 7.08. The molecule has 3 heterocycles. The van der Waals surface area contributed by atoms with Gasteiger partial charge < -0.3 is 0 Å². The molecule has 0 atom stereocenters. The van der Waals surface area contributed by atoms with E-state index in [0.717, 1.165) is 17.6 Å². The fourth-order valence-electron chi connectivity index (χ4n) is 2.01. The van der Waals surface area contributed by atoms with Crippen molar-refractivity contribution in [2.24, 2.45) is 4.99 Å². The zero-order chi connectivity index (χ0) is 11.6. The Morgan fingerprint density at radius 1 is 1.00 bits per heavy atom. The van der Waals surface area contributed by atoms with Crippen LogP contribution in [0.2, 0.25) is 0 Å². The summed E-state index contributed by atoms with van der Waals surface area (Å²) in [5, 5.41) is 4.27. The predicted molar refractivity (Wildman–Crippen MR) is 73.9 cm³/mol. The molecule has 2 nitrogen and oxygen atoms in total. The van der Waals surface area contributed by atoms with Crippen LogP contribution >= 0.6 is 22.7 Å². The van der Waals surface area contributed by atoms with Crippen LogP contribution in [0.4, 0.5) is 0 Å². The lowest BCUT2D eigenvalue weighted by Crippen LogP contribution is -2.37. The number of nitrogens with zero attached hydrogens (tertiary/aromatic N) is 2. The van der Waals surface area contributed by atoms with Crippen molar-refractivity contribution in [1.29, 1.82) is 0 Å². The average Bonchev–Trinajstić information content (AvgIpc) is 3.01. The zero-order valence-electron chi connectivity index (χ0n) is 9.32. The summed E-state index contributed by atoms with van der Waals surface area (Å²) >= 11 is 3.63. The van der Waals surface area contributed by atoms with E-state index in [4.69, 9.17) is 0 Å². The van der Waals surface area contributed by atoms with Gasteiger partial charge in [-0.1, -0.05) is 12.1 Å². The Balaban J connectivity index is 1.84. The number of aliphatic imine (C=N–C) groups is 1. The van der Waals surface area contributed by atoms with Gasteiger partial charge in [-0.3, -0.25) is 0 Å². The molecule has 2 aromatic heterocycles. The zero-order valence-corrected chi connectivity index (χ0v) is 11.0. The highest BCUT2D eigenvalue weighted by Gasteiger charge is 2.27. The molecule has 17 heavy (non-hydrogen) atoms. The first kappa shape index (κ1) is 10.9. The summed E-state index contributed by atoms with van der Waals surface area (Å²) in [7, 11) is 0. The van der Waals surface area contributed by atoms with E-state index in [1.807, 2.05) is 35.2 Å². The Bertz CT molecular complexity index is 474. The van der Waals surface area contributed by atoms with Gasteiger partial charge in [0.25, 0.3) is 0 Å². The Morgan fingerprint density at radius 2 is 1.65 bits per heavy atom. The topological polar surface area (TPSA) is 12.4 Å². The van der Waals surface area contributed by atoms with Gasteiger partial charge in [-0.15, -0.1) is 22.7 Å². The molecule has 0 unspecified atom stereocenters. The Kier molecular flexibility index (Phi) is 2.93. The van der Waals surface area contributed by atoms with Gasteiger partial charge in [-0.05, 0) is 22.9 Å². The van der Waals surface area contributed by atoms with Gasteiger partial charge >= 0.3 is 0 Å². The van der Waals surface area contributed by atoms with Crippen molar-refractivity contribution in [2.75, 3.05) is 0 Å². The van der Waals surface area contributed by atoms with Crippen LogP contribution in [0.3, 0.4) is 0 Å². The highest BCUT2D eigenvalue weighted by Crippen LogP contribution is 2.25. The summed E-state index contributed by atoms with van der Waals surface area (Å²) < 4.78 is 0.807. The van der Waals surface area contributed by atoms with Gasteiger partial charge in [0.05, 0.1) is 16.0 Å². The quantitative estimate of drug-likeness (QED) is 0.742. The third-order valence-corrected chi connectivity index (χ3v) is 4.53. The van der Waals surface area contributed by atoms with Gasteiger partial charge in [0.15, 0.2) is 6.34 Å². The first-order valence-electron chi connectivity index (χ1n) is 5.50. The minimum atomic E-state index is 0.807. The maximum atomic E-state index is 4.27. The predicted octanol–water partition coefficient (Wildman–Crippen LogP) is 3.84. The van der Waals surface area contributed by atoms with E-state index in [1.165, 1.54) is 9.75 Å². The van der Waals surface area contributed by atoms with Crippen molar-refractivity contribution in [3.8, 4) is 0 Å². The minimum absolute atomic E-state index is 0.807. The maximum Gasteiger partial charge on any atom is 0.195 e. The highest BCUT2D eigenvalue weighted by atomic mass is 32.1. The molecule has 2 aromatic rings. The van der Waals surface area contributed by atoms with Gasteiger partial charge in [-0.25, -0.2) is 9.48 Å². The number of hydrogen-bond acceptors (Lipinski definition) is 3. The van der Waals surface area contributed by atoms with Crippen LogP contribution in [0.1, 0.15) is 9.75 Å². The summed E-state index contributed by atoms with van der Waals surface area (Å²) in [5.41, 5.74) is 0. The Hall–Kier alpha value is -1.23. The molecule has 0 saturated carbocycles. The maximum absolute atomic E-state index is 4.27. The van der Waals surface area contributed by atoms with Gasteiger partial charge in [0, 0.05) is 0 Å². The van der Waals surface area contributed by atoms with Crippen molar-refractivity contribution in [2.45, 2.75) is 13.1 Å². The van der Waals surface area contributed by atoms with E-state index in [1.54, 1.807) is 0 Å². The monoisotopic (exact) mass is 261 g/mol. The molecule has 0 N–H and O–H groups in total. The summed E-state index contributed by atoms with van der Waals surface area (Å²) in [6.45, 7) is 1.99. The summed E-state index contributed by atoms with van der Waals surface area (Å²) in [6.07, 6.45) is 6.13. The summed E-state index contributed by atoms with van der Waals surface area (Å²) in [6, 6.07) is 8.61. The molecule has 1 aliphatic heterocycles. The van der Waals surface area contributed by atoms with Gasteiger partial charge in [0.1, 0.15) is 19.3 Å². The average molecular weight is 261 g/mol. The minimum Gasteiger partial charge on any atom is -0.245 e. The molecule has 0 fully saturated rings. The van der Waals surface area contributed by atoms with Crippen LogP contribution in [-0.4, -0.2) is 10.8 Å². The molecular formula is C13H13N2S2+. The van der Waals surface area contributed by atoms with E-state index in [0.29, 0.717) is 0 Å². The Morgan fingerprint density at radius 3 is 2.06 bits per heavy atom. The van der Waals surface area contributed by atoms with Crippen LogP contribution in [0.15, 0.2) is 52.4 Å². The van der Waals surface area contributed by atoms with Crippen molar-refractivity contribution in [3.05, 3.63) is 57.2 Å². The molecule has 0 radical (unpaired) electrons.